The molecule has 0 bridgehead atoms. The summed E-state index contributed by atoms with van der Waals surface area (Å²) in [7, 11) is 0. The van der Waals surface area contributed by atoms with Crippen LogP contribution in [0.3, 0.4) is 0 Å². The summed E-state index contributed by atoms with van der Waals surface area (Å²) in [6.07, 6.45) is 4.09. The van der Waals surface area contributed by atoms with Crippen molar-refractivity contribution in [1.82, 2.24) is 15.3 Å². The molecule has 0 aliphatic rings. The molecule has 2 N–H and O–H groups in total. The first-order chi connectivity index (χ1) is 12.2. The normalized spacial score (nSPS) is 13.0. The Kier molecular flexibility index (Phi) is 3.69. The Morgan fingerprint density at radius 1 is 1.00 bits per heavy atom. The average Bonchev–Trinajstić information content (AvgIpc) is 3.17. The van der Waals surface area contributed by atoms with E-state index in [-0.39, 0.29) is 10.8 Å². The molecule has 4 heteroatoms. The number of fused-ring (bicyclic) bond motifs is 2. The molecule has 0 aliphatic heterocycles. The number of aromatic nitrogens is 4. The fourth-order valence-corrected chi connectivity index (χ4v) is 3.73. The first-order valence-corrected chi connectivity index (χ1v) is 9.19. The summed E-state index contributed by atoms with van der Waals surface area (Å²) in [5.41, 5.74) is 5.09. The Morgan fingerprint density at radius 2 is 1.81 bits per heavy atom. The van der Waals surface area contributed by atoms with Crippen LogP contribution in [0.15, 0.2) is 48.8 Å². The van der Waals surface area contributed by atoms with Crippen molar-refractivity contribution in [3.05, 3.63) is 59.9 Å². The molecular formula is C22H27N4+. The molecule has 134 valence electrons. The van der Waals surface area contributed by atoms with Gasteiger partial charge < -0.3 is 0 Å². The van der Waals surface area contributed by atoms with Gasteiger partial charge in [-0.2, -0.15) is 10.2 Å². The van der Waals surface area contributed by atoms with E-state index in [1.165, 1.54) is 22.0 Å². The fraction of sp³-hybridized carbons (Fsp3) is 0.364. The lowest BCUT2D eigenvalue weighted by molar-refractivity contribution is -0.754. The number of nitrogens with one attached hydrogen (secondary N) is 2. The van der Waals surface area contributed by atoms with Crippen LogP contribution in [0, 0.1) is 0 Å². The zero-order valence-electron chi connectivity index (χ0n) is 16.2. The van der Waals surface area contributed by atoms with Crippen molar-refractivity contribution in [2.75, 3.05) is 0 Å². The zero-order valence-corrected chi connectivity index (χ0v) is 16.2. The lowest BCUT2D eigenvalue weighted by Crippen LogP contribution is -2.44. The molecule has 2 aromatic carbocycles. The smallest absolute Gasteiger partial charge is 0.203 e. The molecule has 0 saturated carbocycles. The highest BCUT2D eigenvalue weighted by Gasteiger charge is 2.28. The van der Waals surface area contributed by atoms with Gasteiger partial charge in [0.25, 0.3) is 0 Å². The van der Waals surface area contributed by atoms with E-state index in [0.29, 0.717) is 0 Å². The molecular weight excluding hydrogens is 320 g/mol. The van der Waals surface area contributed by atoms with E-state index in [1.54, 1.807) is 0 Å². The number of aromatic amines is 2. The van der Waals surface area contributed by atoms with Crippen molar-refractivity contribution in [1.29, 1.82) is 0 Å². The summed E-state index contributed by atoms with van der Waals surface area (Å²) in [5, 5.41) is 13.2. The molecule has 2 aromatic heterocycles. The average molecular weight is 347 g/mol. The lowest BCUT2D eigenvalue weighted by atomic mass is 9.84. The third-order valence-electron chi connectivity index (χ3n) is 5.24. The third-order valence-corrected chi connectivity index (χ3v) is 5.24. The van der Waals surface area contributed by atoms with Crippen LogP contribution in [0.1, 0.15) is 45.7 Å². The lowest BCUT2D eigenvalue weighted by Gasteiger charge is -2.21. The van der Waals surface area contributed by atoms with Crippen LogP contribution in [-0.4, -0.2) is 15.3 Å². The standard InChI is InChI=1S/C22H26N4/c1-21(2,3)18-8-6-7-16-13-26(25-20(16)18)14-22(4,5)17-10-9-15-12-23-24-19(15)11-17/h6-13H,14H2,1-5H3,(H,23,24)/p+1. The maximum atomic E-state index is 4.13. The van der Waals surface area contributed by atoms with Crippen LogP contribution in [0.2, 0.25) is 0 Å². The molecule has 0 spiro atoms. The molecule has 4 aromatic rings. The second-order valence-corrected chi connectivity index (χ2v) is 8.94. The summed E-state index contributed by atoms with van der Waals surface area (Å²) in [6.45, 7) is 12.2. The van der Waals surface area contributed by atoms with E-state index < -0.39 is 0 Å². The number of hydrogen-bond acceptors (Lipinski definition) is 1. The molecule has 4 rings (SSSR count). The van der Waals surface area contributed by atoms with Crippen molar-refractivity contribution >= 4 is 21.8 Å². The number of para-hydroxylation sites is 1. The Morgan fingerprint density at radius 3 is 2.58 bits per heavy atom. The number of hydrogen-bond donors (Lipinski definition) is 2. The second kappa shape index (κ2) is 5.70. The highest BCUT2D eigenvalue weighted by atomic mass is 15.3. The number of nitrogens with zero attached hydrogens (tertiary/aromatic N) is 2. The quantitative estimate of drug-likeness (QED) is 0.523. The molecule has 26 heavy (non-hydrogen) atoms. The van der Waals surface area contributed by atoms with Gasteiger partial charge in [-0.15, -0.1) is 4.68 Å². The zero-order chi connectivity index (χ0) is 18.5. The van der Waals surface area contributed by atoms with Crippen molar-refractivity contribution in [3.63, 3.8) is 0 Å². The van der Waals surface area contributed by atoms with Gasteiger partial charge in [0.15, 0.2) is 6.54 Å². The third kappa shape index (κ3) is 2.90. The molecule has 0 unspecified atom stereocenters. The highest BCUT2D eigenvalue weighted by Crippen LogP contribution is 2.29. The summed E-state index contributed by atoms with van der Waals surface area (Å²) in [5.74, 6) is 0. The first kappa shape index (κ1) is 16.8. The van der Waals surface area contributed by atoms with Crippen molar-refractivity contribution < 1.29 is 4.68 Å². The SMILES string of the molecule is CC(C)(C)c1cccc2c[n+](CC(C)(C)c3ccc4cn[nH]c4c3)[nH]c12. The molecule has 0 fully saturated rings. The monoisotopic (exact) mass is 347 g/mol. The molecule has 0 atom stereocenters. The Balaban J connectivity index is 1.71. The minimum absolute atomic E-state index is 0.00720. The Bertz CT molecular complexity index is 1080. The molecule has 2 heterocycles. The number of rotatable bonds is 3. The van der Waals surface area contributed by atoms with E-state index >= 15 is 0 Å². The topological polar surface area (TPSA) is 48.4 Å². The van der Waals surface area contributed by atoms with Gasteiger partial charge in [0.05, 0.1) is 22.5 Å². The van der Waals surface area contributed by atoms with Crippen LogP contribution in [0.4, 0.5) is 0 Å². The van der Waals surface area contributed by atoms with Crippen LogP contribution in [0.25, 0.3) is 21.8 Å². The van der Waals surface area contributed by atoms with E-state index in [9.17, 15) is 0 Å². The van der Waals surface area contributed by atoms with Crippen molar-refractivity contribution in [2.24, 2.45) is 0 Å². The predicted molar refractivity (Wildman–Crippen MR) is 106 cm³/mol. The van der Waals surface area contributed by atoms with Crippen LogP contribution < -0.4 is 4.68 Å². The molecule has 0 amide bonds. The minimum atomic E-state index is -0.00720. The van der Waals surface area contributed by atoms with E-state index in [1.807, 2.05) is 6.20 Å². The molecule has 0 saturated heterocycles. The van der Waals surface area contributed by atoms with Gasteiger partial charge in [-0.25, -0.2) is 0 Å². The fourth-order valence-electron chi connectivity index (χ4n) is 3.73. The minimum Gasteiger partial charge on any atom is -0.278 e. The predicted octanol–water partition coefficient (Wildman–Crippen LogP) is 4.61. The van der Waals surface area contributed by atoms with Crippen LogP contribution >= 0.6 is 0 Å². The van der Waals surface area contributed by atoms with Crippen LogP contribution in [-0.2, 0) is 17.4 Å². The van der Waals surface area contributed by atoms with Gasteiger partial charge in [-0.3, -0.25) is 5.10 Å². The highest BCUT2D eigenvalue weighted by molar-refractivity contribution is 5.81. The van der Waals surface area contributed by atoms with Gasteiger partial charge in [0.1, 0.15) is 5.52 Å². The summed E-state index contributed by atoms with van der Waals surface area (Å²) in [6, 6.07) is 13.1. The Hall–Kier alpha value is -2.62. The van der Waals surface area contributed by atoms with Gasteiger partial charge in [-0.1, -0.05) is 45.0 Å². The van der Waals surface area contributed by atoms with E-state index in [4.69, 9.17) is 0 Å². The number of H-pyrrole nitrogens is 2. The Labute approximate surface area is 154 Å². The van der Waals surface area contributed by atoms with Gasteiger partial charge in [-0.05, 0) is 42.5 Å². The molecule has 4 nitrogen and oxygen atoms in total. The van der Waals surface area contributed by atoms with E-state index in [2.05, 4.69) is 97.2 Å². The number of benzene rings is 2. The summed E-state index contributed by atoms with van der Waals surface area (Å²) in [4.78, 5) is 0. The summed E-state index contributed by atoms with van der Waals surface area (Å²) < 4.78 is 2.22. The van der Waals surface area contributed by atoms with E-state index in [0.717, 1.165) is 17.4 Å². The second-order valence-electron chi connectivity index (χ2n) is 8.94. The largest absolute Gasteiger partial charge is 0.278 e. The maximum Gasteiger partial charge on any atom is 0.203 e. The van der Waals surface area contributed by atoms with Gasteiger partial charge in [0, 0.05) is 5.39 Å². The maximum absolute atomic E-state index is 4.13. The first-order valence-electron chi connectivity index (χ1n) is 9.19. The van der Waals surface area contributed by atoms with Gasteiger partial charge >= 0.3 is 0 Å². The summed E-state index contributed by atoms with van der Waals surface area (Å²) >= 11 is 0. The molecule has 0 aliphatic carbocycles. The van der Waals surface area contributed by atoms with Gasteiger partial charge in [0.2, 0.25) is 6.20 Å². The molecule has 0 radical (unpaired) electrons. The van der Waals surface area contributed by atoms with Crippen molar-refractivity contribution in [2.45, 2.75) is 52.0 Å². The van der Waals surface area contributed by atoms with Crippen LogP contribution in [0.5, 0.6) is 0 Å². The van der Waals surface area contributed by atoms with Crippen molar-refractivity contribution in [3.8, 4) is 0 Å².